The Morgan fingerprint density at radius 3 is 2.25 bits per heavy atom. The molecule has 5 rings (SSSR count). The molecule has 180 valence electrons. The Balaban J connectivity index is 1.56. The molecule has 0 spiro atoms. The Labute approximate surface area is 221 Å². The SMILES string of the molecule is Cc1ccc(CN2C(=O)C(=Cc3cn(-c4ccccc4)nc3-c3c(C)cc(C)cc3C)SC2=S)cc1. The van der Waals surface area contributed by atoms with E-state index in [0.29, 0.717) is 15.8 Å². The van der Waals surface area contributed by atoms with Crippen LogP contribution in [0.4, 0.5) is 0 Å². The second-order valence-corrected chi connectivity index (χ2v) is 10.9. The lowest BCUT2D eigenvalue weighted by molar-refractivity contribution is -0.122. The van der Waals surface area contributed by atoms with Gasteiger partial charge in [0.25, 0.3) is 5.91 Å². The third-order valence-corrected chi connectivity index (χ3v) is 7.68. The minimum atomic E-state index is -0.0682. The summed E-state index contributed by atoms with van der Waals surface area (Å²) in [6, 6.07) is 22.6. The minimum Gasteiger partial charge on any atom is -0.288 e. The number of aryl methyl sites for hydroxylation is 4. The van der Waals surface area contributed by atoms with Gasteiger partial charge in [0, 0.05) is 17.3 Å². The summed E-state index contributed by atoms with van der Waals surface area (Å²) in [6.07, 6.45) is 3.94. The summed E-state index contributed by atoms with van der Waals surface area (Å²) in [5.41, 5.74) is 9.59. The average molecular weight is 510 g/mol. The fourth-order valence-electron chi connectivity index (χ4n) is 4.61. The highest BCUT2D eigenvalue weighted by Gasteiger charge is 2.32. The molecule has 4 nitrogen and oxygen atoms in total. The Morgan fingerprint density at radius 2 is 1.58 bits per heavy atom. The number of para-hydroxylation sites is 1. The van der Waals surface area contributed by atoms with Crippen molar-refractivity contribution in [2.75, 3.05) is 0 Å². The maximum absolute atomic E-state index is 13.4. The van der Waals surface area contributed by atoms with Gasteiger partial charge in [-0.3, -0.25) is 9.69 Å². The number of benzene rings is 3. The van der Waals surface area contributed by atoms with E-state index in [-0.39, 0.29) is 5.91 Å². The summed E-state index contributed by atoms with van der Waals surface area (Å²) in [5.74, 6) is -0.0682. The highest BCUT2D eigenvalue weighted by molar-refractivity contribution is 8.26. The van der Waals surface area contributed by atoms with Crippen molar-refractivity contribution in [1.82, 2.24) is 14.7 Å². The van der Waals surface area contributed by atoms with E-state index in [0.717, 1.165) is 39.2 Å². The summed E-state index contributed by atoms with van der Waals surface area (Å²) in [5, 5.41) is 4.99. The average Bonchev–Trinajstić information content (AvgIpc) is 3.37. The van der Waals surface area contributed by atoms with E-state index >= 15 is 0 Å². The van der Waals surface area contributed by atoms with Gasteiger partial charge in [0.15, 0.2) is 0 Å². The first kappa shape index (κ1) is 24.2. The van der Waals surface area contributed by atoms with E-state index in [9.17, 15) is 4.79 Å². The fourth-order valence-corrected chi connectivity index (χ4v) is 5.85. The van der Waals surface area contributed by atoms with Crippen LogP contribution < -0.4 is 0 Å². The quantitative estimate of drug-likeness (QED) is 0.211. The van der Waals surface area contributed by atoms with Gasteiger partial charge >= 0.3 is 0 Å². The second kappa shape index (κ2) is 9.88. The van der Waals surface area contributed by atoms with Crippen LogP contribution in [0.15, 0.2) is 77.8 Å². The molecule has 36 heavy (non-hydrogen) atoms. The zero-order chi connectivity index (χ0) is 25.4. The molecule has 0 unspecified atom stereocenters. The van der Waals surface area contributed by atoms with E-state index in [4.69, 9.17) is 17.3 Å². The van der Waals surface area contributed by atoms with Crippen molar-refractivity contribution >= 4 is 40.3 Å². The van der Waals surface area contributed by atoms with Gasteiger partial charge in [0.05, 0.1) is 17.1 Å². The van der Waals surface area contributed by atoms with Crippen LogP contribution in [0, 0.1) is 27.7 Å². The van der Waals surface area contributed by atoms with E-state index in [1.165, 1.54) is 22.9 Å². The number of hydrogen-bond acceptors (Lipinski definition) is 4. The first-order valence-electron chi connectivity index (χ1n) is 11.8. The molecular weight excluding hydrogens is 482 g/mol. The minimum absolute atomic E-state index is 0.0682. The summed E-state index contributed by atoms with van der Waals surface area (Å²) in [7, 11) is 0. The molecule has 1 amide bonds. The number of rotatable bonds is 5. The normalized spacial score (nSPS) is 14.8. The number of carbonyl (C=O) groups is 1. The number of thiocarbonyl (C=S) groups is 1. The van der Waals surface area contributed by atoms with Gasteiger partial charge in [-0.15, -0.1) is 0 Å². The van der Waals surface area contributed by atoms with Crippen LogP contribution in [0.5, 0.6) is 0 Å². The summed E-state index contributed by atoms with van der Waals surface area (Å²) in [4.78, 5) is 15.7. The van der Waals surface area contributed by atoms with Crippen LogP contribution in [-0.2, 0) is 11.3 Å². The number of carbonyl (C=O) groups excluding carboxylic acids is 1. The Hall–Kier alpha value is -3.48. The Kier molecular flexibility index (Phi) is 6.65. The lowest BCUT2D eigenvalue weighted by atomic mass is 9.95. The van der Waals surface area contributed by atoms with Crippen molar-refractivity contribution in [1.29, 1.82) is 0 Å². The van der Waals surface area contributed by atoms with Gasteiger partial charge in [-0.05, 0) is 62.6 Å². The van der Waals surface area contributed by atoms with E-state index < -0.39 is 0 Å². The molecule has 3 aromatic carbocycles. The van der Waals surface area contributed by atoms with Crippen molar-refractivity contribution in [3.8, 4) is 16.9 Å². The molecule has 1 saturated heterocycles. The second-order valence-electron chi connectivity index (χ2n) is 9.24. The zero-order valence-electron chi connectivity index (χ0n) is 20.8. The molecule has 1 aliphatic heterocycles. The lowest BCUT2D eigenvalue weighted by Crippen LogP contribution is -2.27. The van der Waals surface area contributed by atoms with Crippen LogP contribution in [0.2, 0.25) is 0 Å². The summed E-state index contributed by atoms with van der Waals surface area (Å²) < 4.78 is 2.46. The van der Waals surface area contributed by atoms with Crippen LogP contribution >= 0.6 is 24.0 Å². The standard InChI is InChI=1S/C30H27N3OS2/c1-19-10-12-23(13-11-19)17-32-29(34)26(36-30(32)35)16-24-18-33(25-8-6-5-7-9-25)31-28(24)27-21(3)14-20(2)15-22(27)4/h5-16,18H,17H2,1-4H3. The number of amides is 1. The maximum Gasteiger partial charge on any atom is 0.266 e. The smallest absolute Gasteiger partial charge is 0.266 e. The lowest BCUT2D eigenvalue weighted by Gasteiger charge is -2.14. The van der Waals surface area contributed by atoms with Crippen molar-refractivity contribution in [3.05, 3.63) is 111 Å². The molecule has 4 aromatic rings. The van der Waals surface area contributed by atoms with E-state index in [2.05, 4.69) is 52.0 Å². The maximum atomic E-state index is 13.4. The fraction of sp³-hybridized carbons (Fsp3) is 0.167. The highest BCUT2D eigenvalue weighted by atomic mass is 32.2. The molecule has 1 fully saturated rings. The predicted octanol–water partition coefficient (Wildman–Crippen LogP) is 7.17. The largest absolute Gasteiger partial charge is 0.288 e. The Morgan fingerprint density at radius 1 is 0.917 bits per heavy atom. The molecule has 0 N–H and O–H groups in total. The summed E-state index contributed by atoms with van der Waals surface area (Å²) >= 11 is 6.96. The molecular formula is C30H27N3OS2. The molecule has 0 aliphatic carbocycles. The molecule has 1 aliphatic rings. The third-order valence-electron chi connectivity index (χ3n) is 6.30. The molecule has 0 radical (unpaired) electrons. The molecule has 2 heterocycles. The van der Waals surface area contributed by atoms with Crippen LogP contribution in [-0.4, -0.2) is 24.9 Å². The zero-order valence-corrected chi connectivity index (χ0v) is 22.4. The number of aromatic nitrogens is 2. The van der Waals surface area contributed by atoms with Gasteiger partial charge in [-0.1, -0.05) is 89.7 Å². The number of nitrogens with zero attached hydrogens (tertiary/aromatic N) is 3. The number of hydrogen-bond donors (Lipinski definition) is 0. The van der Waals surface area contributed by atoms with Gasteiger partial charge in [-0.25, -0.2) is 4.68 Å². The molecule has 6 heteroatoms. The van der Waals surface area contributed by atoms with Gasteiger partial charge < -0.3 is 0 Å². The molecule has 0 atom stereocenters. The first-order valence-corrected chi connectivity index (χ1v) is 13.1. The van der Waals surface area contributed by atoms with Gasteiger partial charge in [0.1, 0.15) is 10.0 Å². The summed E-state index contributed by atoms with van der Waals surface area (Å²) in [6.45, 7) is 8.85. The van der Waals surface area contributed by atoms with Crippen molar-refractivity contribution in [2.24, 2.45) is 0 Å². The van der Waals surface area contributed by atoms with Crippen molar-refractivity contribution in [2.45, 2.75) is 34.2 Å². The van der Waals surface area contributed by atoms with Crippen LogP contribution in [0.25, 0.3) is 23.0 Å². The van der Waals surface area contributed by atoms with Crippen LogP contribution in [0.1, 0.15) is 33.4 Å². The highest BCUT2D eigenvalue weighted by Crippen LogP contribution is 2.37. The topological polar surface area (TPSA) is 38.1 Å². The third kappa shape index (κ3) is 4.79. The molecule has 0 bridgehead atoms. The van der Waals surface area contributed by atoms with Crippen LogP contribution in [0.3, 0.4) is 0 Å². The monoisotopic (exact) mass is 509 g/mol. The van der Waals surface area contributed by atoms with Gasteiger partial charge in [-0.2, -0.15) is 5.10 Å². The van der Waals surface area contributed by atoms with Gasteiger partial charge in [0.2, 0.25) is 0 Å². The predicted molar refractivity (Wildman–Crippen MR) is 153 cm³/mol. The molecule has 0 saturated carbocycles. The van der Waals surface area contributed by atoms with E-state index in [1.807, 2.05) is 59.4 Å². The Bertz CT molecular complexity index is 1480. The van der Waals surface area contributed by atoms with Crippen molar-refractivity contribution < 1.29 is 4.79 Å². The molecule has 1 aromatic heterocycles. The van der Waals surface area contributed by atoms with Crippen molar-refractivity contribution in [3.63, 3.8) is 0 Å². The first-order chi connectivity index (χ1) is 17.3. The number of thioether (sulfide) groups is 1. The van der Waals surface area contributed by atoms with E-state index in [1.54, 1.807) is 4.90 Å².